The highest BCUT2D eigenvalue weighted by Gasteiger charge is 2.32. The molecular weight excluding hydrogens is 276 g/mol. The number of urea groups is 1. The maximum atomic E-state index is 11.8. The molecule has 0 saturated carbocycles. The van der Waals surface area contributed by atoms with Crippen molar-refractivity contribution in [2.45, 2.75) is 33.0 Å². The van der Waals surface area contributed by atoms with Crippen LogP contribution in [0.15, 0.2) is 12.1 Å². The first-order chi connectivity index (χ1) is 9.47. The van der Waals surface area contributed by atoms with Crippen molar-refractivity contribution >= 4 is 22.4 Å². The third-order valence-corrected chi connectivity index (χ3v) is 4.12. The Kier molecular flexibility index (Phi) is 5.01. The van der Waals surface area contributed by atoms with Crippen molar-refractivity contribution in [3.05, 3.63) is 17.0 Å². The second kappa shape index (κ2) is 6.56. The average molecular weight is 298 g/mol. The fourth-order valence-corrected chi connectivity index (χ4v) is 3.07. The topological polar surface area (TPSA) is 59.6 Å². The van der Waals surface area contributed by atoms with Crippen LogP contribution in [0.4, 0.5) is 9.80 Å². The largest absolute Gasteiger partial charge is 0.348 e. The zero-order valence-electron chi connectivity index (χ0n) is 12.2. The van der Waals surface area contributed by atoms with Crippen LogP contribution < -0.4 is 10.6 Å². The number of thiophene rings is 1. The van der Waals surface area contributed by atoms with Gasteiger partial charge in [-0.15, -0.1) is 11.3 Å². The molecule has 2 amide bonds. The Hall–Kier alpha value is -1.11. The van der Waals surface area contributed by atoms with Crippen molar-refractivity contribution in [2.75, 3.05) is 25.1 Å². The highest BCUT2D eigenvalue weighted by Crippen LogP contribution is 2.26. The van der Waals surface area contributed by atoms with Gasteiger partial charge in [0, 0.05) is 17.8 Å². The monoisotopic (exact) mass is 298 g/mol. The molecular formula is C14H22N2O3S. The molecule has 0 bridgehead atoms. The second-order valence-electron chi connectivity index (χ2n) is 5.39. The highest BCUT2D eigenvalue weighted by molar-refractivity contribution is 7.16. The van der Waals surface area contributed by atoms with Crippen molar-refractivity contribution in [1.29, 1.82) is 0 Å². The summed E-state index contributed by atoms with van der Waals surface area (Å²) in [5.74, 6) is -0.212. The van der Waals surface area contributed by atoms with Gasteiger partial charge in [0.05, 0.1) is 18.2 Å². The molecule has 0 radical (unpaired) electrons. The van der Waals surface area contributed by atoms with Gasteiger partial charge in [-0.05, 0) is 31.9 Å². The van der Waals surface area contributed by atoms with E-state index in [1.165, 1.54) is 4.88 Å². The maximum Gasteiger partial charge on any atom is 0.319 e. The van der Waals surface area contributed by atoms with Gasteiger partial charge in [-0.1, -0.05) is 6.92 Å². The molecule has 5 nitrogen and oxygen atoms in total. The molecule has 2 N–H and O–H groups in total. The molecule has 20 heavy (non-hydrogen) atoms. The summed E-state index contributed by atoms with van der Waals surface area (Å²) in [6.07, 6.45) is 0.769. The molecule has 1 aliphatic heterocycles. The normalized spacial score (nSPS) is 18.8. The van der Waals surface area contributed by atoms with Crippen LogP contribution in [0.5, 0.6) is 0 Å². The van der Waals surface area contributed by atoms with Crippen LogP contribution >= 0.6 is 11.3 Å². The van der Waals surface area contributed by atoms with E-state index in [0.29, 0.717) is 19.8 Å². The molecule has 1 aliphatic rings. The Labute approximate surface area is 123 Å². The summed E-state index contributed by atoms with van der Waals surface area (Å²) in [5, 5.41) is 6.57. The van der Waals surface area contributed by atoms with Gasteiger partial charge in [-0.25, -0.2) is 4.79 Å². The molecule has 0 aromatic carbocycles. The Bertz CT molecular complexity index is 455. The lowest BCUT2D eigenvalue weighted by molar-refractivity contribution is -0.153. The van der Waals surface area contributed by atoms with Gasteiger partial charge < -0.3 is 14.8 Å². The van der Waals surface area contributed by atoms with Crippen molar-refractivity contribution in [1.82, 2.24) is 5.32 Å². The number of carbonyl (C=O) groups excluding carboxylic acids is 1. The molecule has 1 aromatic rings. The fourth-order valence-electron chi connectivity index (χ4n) is 2.30. The minimum absolute atomic E-state index is 0.169. The summed E-state index contributed by atoms with van der Waals surface area (Å²) in [6.45, 7) is 7.93. The summed E-state index contributed by atoms with van der Waals surface area (Å²) in [7, 11) is 0. The molecule has 2 rings (SSSR count). The first-order valence-electron chi connectivity index (χ1n) is 6.86. The molecule has 6 heteroatoms. The predicted octanol–water partition coefficient (Wildman–Crippen LogP) is 2.97. The summed E-state index contributed by atoms with van der Waals surface area (Å²) in [5.41, 5.74) is 0. The Morgan fingerprint density at radius 1 is 1.45 bits per heavy atom. The van der Waals surface area contributed by atoms with E-state index >= 15 is 0 Å². The van der Waals surface area contributed by atoms with Crippen LogP contribution in [0, 0.1) is 12.8 Å². The van der Waals surface area contributed by atoms with Crippen molar-refractivity contribution in [3.8, 4) is 0 Å². The van der Waals surface area contributed by atoms with Crippen LogP contribution in [0.25, 0.3) is 0 Å². The lowest BCUT2D eigenvalue weighted by Gasteiger charge is -2.25. The molecule has 1 saturated heterocycles. The van der Waals surface area contributed by atoms with E-state index in [0.717, 1.165) is 11.4 Å². The Morgan fingerprint density at radius 2 is 2.15 bits per heavy atom. The van der Waals surface area contributed by atoms with Gasteiger partial charge in [-0.3, -0.25) is 5.32 Å². The lowest BCUT2D eigenvalue weighted by atomic mass is 10.0. The second-order valence-corrected chi connectivity index (χ2v) is 6.67. The number of nitrogens with one attached hydrogen (secondary N) is 2. The number of amides is 2. The number of anilines is 1. The first-order valence-corrected chi connectivity index (χ1v) is 7.68. The van der Waals surface area contributed by atoms with Crippen molar-refractivity contribution < 1.29 is 14.3 Å². The van der Waals surface area contributed by atoms with E-state index in [9.17, 15) is 4.79 Å². The van der Waals surface area contributed by atoms with Gasteiger partial charge in [0.1, 0.15) is 0 Å². The van der Waals surface area contributed by atoms with E-state index in [-0.39, 0.29) is 11.9 Å². The first kappa shape index (κ1) is 15.3. The number of hydrogen-bond acceptors (Lipinski definition) is 4. The third kappa shape index (κ3) is 4.47. The van der Waals surface area contributed by atoms with Crippen molar-refractivity contribution in [2.24, 2.45) is 5.92 Å². The van der Waals surface area contributed by atoms with Crippen LogP contribution in [0.3, 0.4) is 0 Å². The summed E-state index contributed by atoms with van der Waals surface area (Å²) >= 11 is 1.56. The SMILES string of the molecule is Cc1ccc(NC(=O)NC[C@@H](C)CC2(C)OCCO2)s1. The average Bonchev–Trinajstić information content (AvgIpc) is 2.96. The fraction of sp³-hybridized carbons (Fsp3) is 0.643. The number of hydrogen-bond donors (Lipinski definition) is 2. The number of carbonyl (C=O) groups is 1. The standard InChI is InChI=1S/C14H22N2O3S/c1-10(8-14(3)18-6-7-19-14)9-15-13(17)16-12-5-4-11(2)20-12/h4-5,10H,6-9H2,1-3H3,(H2,15,16,17)/t10-/m0/s1. The van der Waals surface area contributed by atoms with Crippen LogP contribution in [-0.4, -0.2) is 31.6 Å². The molecule has 1 aromatic heterocycles. The van der Waals surface area contributed by atoms with Gasteiger partial charge in [0.25, 0.3) is 0 Å². The van der Waals surface area contributed by atoms with E-state index < -0.39 is 5.79 Å². The van der Waals surface area contributed by atoms with Gasteiger partial charge in [0.15, 0.2) is 5.79 Å². The molecule has 2 heterocycles. The van der Waals surface area contributed by atoms with Crippen molar-refractivity contribution in [3.63, 3.8) is 0 Å². The highest BCUT2D eigenvalue weighted by atomic mass is 32.1. The number of aryl methyl sites for hydroxylation is 1. The third-order valence-electron chi connectivity index (χ3n) is 3.21. The van der Waals surface area contributed by atoms with E-state index in [2.05, 4.69) is 17.6 Å². The zero-order chi connectivity index (χ0) is 14.6. The molecule has 0 spiro atoms. The van der Waals surface area contributed by atoms with Crippen LogP contribution in [0.2, 0.25) is 0 Å². The van der Waals surface area contributed by atoms with Gasteiger partial charge in [0.2, 0.25) is 0 Å². The number of rotatable bonds is 5. The van der Waals surface area contributed by atoms with Gasteiger partial charge in [-0.2, -0.15) is 0 Å². The van der Waals surface area contributed by atoms with Gasteiger partial charge >= 0.3 is 6.03 Å². The Balaban J connectivity index is 1.70. The molecule has 1 atom stereocenters. The molecule has 0 aliphatic carbocycles. The van der Waals surface area contributed by atoms with Crippen LogP contribution in [-0.2, 0) is 9.47 Å². The minimum atomic E-state index is -0.498. The van der Waals surface area contributed by atoms with E-state index in [1.54, 1.807) is 11.3 Å². The number of ether oxygens (including phenoxy) is 2. The Morgan fingerprint density at radius 3 is 2.75 bits per heavy atom. The molecule has 1 fully saturated rings. The minimum Gasteiger partial charge on any atom is -0.348 e. The zero-order valence-corrected chi connectivity index (χ0v) is 13.0. The summed E-state index contributed by atoms with van der Waals surface area (Å²) in [4.78, 5) is 12.9. The lowest BCUT2D eigenvalue weighted by Crippen LogP contribution is -2.36. The molecule has 112 valence electrons. The summed E-state index contributed by atoms with van der Waals surface area (Å²) in [6, 6.07) is 3.72. The van der Waals surface area contributed by atoms with Crippen LogP contribution in [0.1, 0.15) is 25.1 Å². The molecule has 0 unspecified atom stereocenters. The maximum absolute atomic E-state index is 11.8. The quantitative estimate of drug-likeness (QED) is 0.878. The van der Waals surface area contributed by atoms with E-state index in [1.807, 2.05) is 26.0 Å². The van der Waals surface area contributed by atoms with E-state index in [4.69, 9.17) is 9.47 Å². The summed E-state index contributed by atoms with van der Waals surface area (Å²) < 4.78 is 11.1. The smallest absolute Gasteiger partial charge is 0.319 e. The predicted molar refractivity (Wildman–Crippen MR) is 80.2 cm³/mol.